The molecular weight excluding hydrogens is 160 g/mol. The average molecular weight is 176 g/mol. The zero-order chi connectivity index (χ0) is 9.72. The number of hydrogen-bond acceptors (Lipinski definition) is 6. The Morgan fingerprint density at radius 2 is 1.75 bits per heavy atom. The molecule has 0 bridgehead atoms. The van der Waals surface area contributed by atoms with Gasteiger partial charge in [0.2, 0.25) is 0 Å². The molecule has 0 rings (SSSR count). The summed E-state index contributed by atoms with van der Waals surface area (Å²) in [5.41, 5.74) is 21.3. The van der Waals surface area contributed by atoms with Crippen LogP contribution in [0.4, 0.5) is 0 Å². The van der Waals surface area contributed by atoms with E-state index in [2.05, 4.69) is 0 Å². The molecule has 72 valence electrons. The van der Waals surface area contributed by atoms with Gasteiger partial charge in [0.05, 0.1) is 12.1 Å². The van der Waals surface area contributed by atoms with Crippen molar-refractivity contribution in [1.82, 2.24) is 0 Å². The van der Waals surface area contributed by atoms with E-state index in [1.54, 1.807) is 0 Å². The lowest BCUT2D eigenvalue weighted by Crippen LogP contribution is -2.59. The Labute approximate surface area is 70.9 Å². The van der Waals surface area contributed by atoms with Crippen molar-refractivity contribution in [2.24, 2.45) is 22.9 Å². The van der Waals surface area contributed by atoms with E-state index in [0.29, 0.717) is 6.29 Å². The number of aliphatic hydroxyl groups is 1. The van der Waals surface area contributed by atoms with Crippen LogP contribution in [0.25, 0.3) is 0 Å². The van der Waals surface area contributed by atoms with Crippen molar-refractivity contribution in [1.29, 1.82) is 0 Å². The van der Waals surface area contributed by atoms with E-state index in [0.717, 1.165) is 0 Å². The quantitative estimate of drug-likeness (QED) is 0.275. The van der Waals surface area contributed by atoms with Crippen LogP contribution in [0.1, 0.15) is 0 Å². The number of aldehydes is 1. The van der Waals surface area contributed by atoms with E-state index in [9.17, 15) is 4.79 Å². The molecule has 6 nitrogen and oxygen atoms in total. The first-order valence-electron chi connectivity index (χ1n) is 3.64. The number of carbonyl (C=O) groups is 1. The lowest BCUT2D eigenvalue weighted by Gasteiger charge is -2.25. The Kier molecular flexibility index (Phi) is 4.95. The second-order valence-corrected chi connectivity index (χ2v) is 2.67. The minimum Gasteiger partial charge on any atom is -0.390 e. The summed E-state index contributed by atoms with van der Waals surface area (Å²) < 4.78 is 0. The smallest absolute Gasteiger partial charge is 0.138 e. The fourth-order valence-corrected chi connectivity index (χ4v) is 0.761. The molecule has 12 heavy (non-hydrogen) atoms. The monoisotopic (exact) mass is 176 g/mol. The minimum atomic E-state index is -0.925. The third-order valence-corrected chi connectivity index (χ3v) is 1.73. The van der Waals surface area contributed by atoms with Crippen LogP contribution in [0.15, 0.2) is 0 Å². The Morgan fingerprint density at radius 1 is 1.25 bits per heavy atom. The van der Waals surface area contributed by atoms with Gasteiger partial charge in [-0.25, -0.2) is 0 Å². The molecule has 0 aromatic carbocycles. The van der Waals surface area contributed by atoms with Gasteiger partial charge in [0.1, 0.15) is 6.29 Å². The van der Waals surface area contributed by atoms with Crippen molar-refractivity contribution in [3.05, 3.63) is 0 Å². The van der Waals surface area contributed by atoms with E-state index in [1.807, 2.05) is 0 Å². The van der Waals surface area contributed by atoms with Crippen LogP contribution in [-0.4, -0.2) is 42.2 Å². The molecule has 0 saturated carbocycles. The van der Waals surface area contributed by atoms with Gasteiger partial charge in [-0.2, -0.15) is 0 Å². The number of nitrogens with two attached hydrogens (primary N) is 4. The van der Waals surface area contributed by atoms with Crippen molar-refractivity contribution >= 4 is 6.29 Å². The number of aliphatic hydroxyl groups excluding tert-OH is 1. The highest BCUT2D eigenvalue weighted by atomic mass is 16.3. The summed E-state index contributed by atoms with van der Waals surface area (Å²) in [6, 6.07) is -2.39. The molecule has 0 aromatic heterocycles. The van der Waals surface area contributed by atoms with Gasteiger partial charge in [-0.1, -0.05) is 0 Å². The molecule has 0 aliphatic carbocycles. The van der Waals surface area contributed by atoms with Crippen LogP contribution >= 0.6 is 0 Å². The predicted octanol–water partition coefficient (Wildman–Crippen LogP) is -3.51. The fourth-order valence-electron chi connectivity index (χ4n) is 0.761. The van der Waals surface area contributed by atoms with Gasteiger partial charge in [-0.15, -0.1) is 0 Å². The van der Waals surface area contributed by atoms with Crippen molar-refractivity contribution in [3.63, 3.8) is 0 Å². The van der Waals surface area contributed by atoms with Crippen molar-refractivity contribution in [3.8, 4) is 0 Å². The number of hydrogen-bond donors (Lipinski definition) is 5. The van der Waals surface area contributed by atoms with Gasteiger partial charge in [-0.3, -0.25) is 0 Å². The Bertz CT molecular complexity index is 144. The van der Waals surface area contributed by atoms with Crippen LogP contribution in [0.3, 0.4) is 0 Å². The standard InChI is InChI=1S/C6H16N4O2/c7-1-4(12)6(10)5(9)3(8)2-11/h2-6,12H,1,7-10H2/t3-,4-,5+,6+/m1/s1. The minimum absolute atomic E-state index is 0.000440. The summed E-state index contributed by atoms with van der Waals surface area (Å²) in [6.07, 6.45) is -0.431. The number of carbonyl (C=O) groups excluding carboxylic acids is 1. The second-order valence-electron chi connectivity index (χ2n) is 2.67. The topological polar surface area (TPSA) is 141 Å². The Hall–Kier alpha value is -0.530. The van der Waals surface area contributed by atoms with Crippen molar-refractivity contribution in [2.75, 3.05) is 6.54 Å². The molecule has 0 radical (unpaired) electrons. The fraction of sp³-hybridized carbons (Fsp3) is 0.833. The summed E-state index contributed by atoms with van der Waals surface area (Å²) in [5, 5.41) is 9.14. The maximum Gasteiger partial charge on any atom is 0.138 e. The van der Waals surface area contributed by atoms with Crippen molar-refractivity contribution < 1.29 is 9.90 Å². The lowest BCUT2D eigenvalue weighted by atomic mass is 9.98. The SMILES string of the molecule is NC[C@@H](O)[C@H](N)[C@@H](N)[C@H](N)C=O. The summed E-state index contributed by atoms with van der Waals surface area (Å²) in [4.78, 5) is 10.2. The molecule has 0 aliphatic heterocycles. The van der Waals surface area contributed by atoms with Crippen LogP contribution in [0, 0.1) is 0 Å². The molecule has 0 aromatic rings. The summed E-state index contributed by atoms with van der Waals surface area (Å²) in [6.45, 7) is 0.000440. The summed E-state index contributed by atoms with van der Waals surface area (Å²) in [5.74, 6) is 0. The second kappa shape index (κ2) is 5.18. The van der Waals surface area contributed by atoms with Gasteiger partial charge in [0.25, 0.3) is 0 Å². The van der Waals surface area contributed by atoms with Crippen LogP contribution in [-0.2, 0) is 4.79 Å². The van der Waals surface area contributed by atoms with E-state index in [1.165, 1.54) is 0 Å². The largest absolute Gasteiger partial charge is 0.390 e. The van der Waals surface area contributed by atoms with E-state index in [-0.39, 0.29) is 6.54 Å². The van der Waals surface area contributed by atoms with Gasteiger partial charge in [-0.05, 0) is 0 Å². The van der Waals surface area contributed by atoms with Gasteiger partial charge < -0.3 is 32.8 Å². The zero-order valence-electron chi connectivity index (χ0n) is 6.76. The molecule has 0 saturated heterocycles. The molecule has 0 heterocycles. The Morgan fingerprint density at radius 3 is 2.08 bits per heavy atom. The maximum absolute atomic E-state index is 10.2. The van der Waals surface area contributed by atoms with Crippen LogP contribution in [0.5, 0.6) is 0 Å². The maximum atomic E-state index is 10.2. The average Bonchev–Trinajstić information content (AvgIpc) is 2.12. The molecule has 0 amide bonds. The van der Waals surface area contributed by atoms with Gasteiger partial charge in [0.15, 0.2) is 0 Å². The Balaban J connectivity index is 4.07. The highest BCUT2D eigenvalue weighted by Crippen LogP contribution is 1.95. The lowest BCUT2D eigenvalue weighted by molar-refractivity contribution is -0.109. The highest BCUT2D eigenvalue weighted by Gasteiger charge is 2.25. The van der Waals surface area contributed by atoms with Gasteiger partial charge >= 0.3 is 0 Å². The third-order valence-electron chi connectivity index (χ3n) is 1.73. The predicted molar refractivity (Wildman–Crippen MR) is 45.1 cm³/mol. The van der Waals surface area contributed by atoms with E-state index < -0.39 is 24.2 Å². The molecule has 6 heteroatoms. The molecule has 9 N–H and O–H groups in total. The third kappa shape index (κ3) is 2.84. The highest BCUT2D eigenvalue weighted by molar-refractivity contribution is 5.58. The summed E-state index contributed by atoms with van der Waals surface area (Å²) >= 11 is 0. The molecular formula is C6H16N4O2. The van der Waals surface area contributed by atoms with Crippen LogP contribution in [0.2, 0.25) is 0 Å². The molecule has 0 aliphatic rings. The van der Waals surface area contributed by atoms with Crippen molar-refractivity contribution in [2.45, 2.75) is 24.2 Å². The first-order chi connectivity index (χ1) is 5.54. The summed E-state index contributed by atoms with van der Waals surface area (Å²) in [7, 11) is 0. The first-order valence-corrected chi connectivity index (χ1v) is 3.64. The zero-order valence-corrected chi connectivity index (χ0v) is 6.76. The first kappa shape index (κ1) is 11.5. The molecule has 4 atom stereocenters. The number of rotatable bonds is 5. The molecule has 0 fully saturated rings. The van der Waals surface area contributed by atoms with Crippen LogP contribution < -0.4 is 22.9 Å². The molecule has 0 spiro atoms. The van der Waals surface area contributed by atoms with Gasteiger partial charge in [0, 0.05) is 18.6 Å². The van der Waals surface area contributed by atoms with E-state index >= 15 is 0 Å². The molecule has 0 unspecified atom stereocenters. The van der Waals surface area contributed by atoms with E-state index in [4.69, 9.17) is 28.0 Å². The normalized spacial score (nSPS) is 21.1.